The number of allylic oxidation sites excluding steroid dienone is 4. The van der Waals surface area contributed by atoms with Gasteiger partial charge in [0.25, 0.3) is 5.78 Å². The van der Waals surface area contributed by atoms with Crippen LogP contribution in [0.2, 0.25) is 0 Å². The zero-order valence-electron chi connectivity index (χ0n) is 7.62. The first kappa shape index (κ1) is 10.9. The number of methoxy groups -OCH3 is 1. The van der Waals surface area contributed by atoms with Crippen molar-refractivity contribution in [2.45, 2.75) is 6.42 Å². The van der Waals surface area contributed by atoms with Crippen molar-refractivity contribution in [2.24, 2.45) is 0 Å². The molecule has 0 spiro atoms. The summed E-state index contributed by atoms with van der Waals surface area (Å²) in [4.78, 5) is 24.0. The van der Waals surface area contributed by atoms with Crippen LogP contribution in [0.1, 0.15) is 6.42 Å². The highest BCUT2D eigenvalue weighted by molar-refractivity contribution is 9.11. The maximum Gasteiger partial charge on any atom is 0.379 e. The number of hydrogen-bond acceptors (Lipinski definition) is 3. The summed E-state index contributed by atoms with van der Waals surface area (Å²) in [5, 5.41) is 0. The maximum atomic E-state index is 11.4. The minimum absolute atomic E-state index is 0.355. The average molecular weight is 257 g/mol. The minimum Gasteiger partial charge on any atom is -0.463 e. The smallest absolute Gasteiger partial charge is 0.379 e. The lowest BCUT2D eigenvalue weighted by atomic mass is 10.0. The van der Waals surface area contributed by atoms with Gasteiger partial charge in [0, 0.05) is 5.57 Å². The number of esters is 1. The second kappa shape index (κ2) is 4.91. The van der Waals surface area contributed by atoms with Crippen LogP contribution in [0.3, 0.4) is 0 Å². The van der Waals surface area contributed by atoms with Gasteiger partial charge in [0.2, 0.25) is 0 Å². The van der Waals surface area contributed by atoms with E-state index in [9.17, 15) is 9.59 Å². The van der Waals surface area contributed by atoms with Gasteiger partial charge >= 0.3 is 5.97 Å². The summed E-state index contributed by atoms with van der Waals surface area (Å²) in [5.41, 5.74) is 1.30. The number of hydrogen-bond donors (Lipinski definition) is 0. The Morgan fingerprint density at radius 2 is 2.29 bits per heavy atom. The van der Waals surface area contributed by atoms with Crippen molar-refractivity contribution in [3.05, 3.63) is 34.4 Å². The molecule has 0 heterocycles. The molecule has 0 atom stereocenters. The largest absolute Gasteiger partial charge is 0.463 e. The Kier molecular flexibility index (Phi) is 3.83. The molecule has 0 unspecified atom stereocenters. The normalized spacial score (nSPS) is 17.9. The third-order valence-corrected chi connectivity index (χ3v) is 2.35. The van der Waals surface area contributed by atoms with Gasteiger partial charge in [-0.25, -0.2) is 4.79 Å². The summed E-state index contributed by atoms with van der Waals surface area (Å²) in [6.45, 7) is 0. The molecule has 0 saturated carbocycles. The van der Waals surface area contributed by atoms with Crippen LogP contribution >= 0.6 is 15.9 Å². The van der Waals surface area contributed by atoms with Crippen molar-refractivity contribution in [2.75, 3.05) is 7.11 Å². The molecule has 14 heavy (non-hydrogen) atoms. The fraction of sp³-hybridized carbons (Fsp3) is 0.200. The highest BCUT2D eigenvalue weighted by Gasteiger charge is 2.18. The molecule has 1 aliphatic rings. The number of rotatable bonds is 2. The van der Waals surface area contributed by atoms with Crippen LogP contribution in [0.25, 0.3) is 0 Å². The van der Waals surface area contributed by atoms with E-state index in [0.29, 0.717) is 5.57 Å². The monoisotopic (exact) mass is 256 g/mol. The van der Waals surface area contributed by atoms with E-state index < -0.39 is 11.8 Å². The van der Waals surface area contributed by atoms with Gasteiger partial charge in [0.15, 0.2) is 0 Å². The molecule has 0 aromatic rings. The number of carbonyl (C=O) groups excluding carboxylic acids is 2. The molecule has 0 saturated heterocycles. The summed E-state index contributed by atoms with van der Waals surface area (Å²) in [6, 6.07) is 0. The van der Waals surface area contributed by atoms with Crippen molar-refractivity contribution in [3.63, 3.8) is 0 Å². The third-order valence-electron chi connectivity index (χ3n) is 1.76. The molecule has 0 aliphatic heterocycles. The average Bonchev–Trinajstić information content (AvgIpc) is 2.27. The summed E-state index contributed by atoms with van der Waals surface area (Å²) in [5.74, 6) is -1.45. The van der Waals surface area contributed by atoms with Gasteiger partial charge < -0.3 is 4.74 Å². The van der Waals surface area contributed by atoms with Gasteiger partial charge in [-0.1, -0.05) is 28.1 Å². The predicted molar refractivity (Wildman–Crippen MR) is 55.9 cm³/mol. The van der Waals surface area contributed by atoms with Crippen LogP contribution in [0.15, 0.2) is 34.4 Å². The van der Waals surface area contributed by atoms with Crippen LogP contribution in [0, 0.1) is 0 Å². The first-order valence-electron chi connectivity index (χ1n) is 3.99. The van der Waals surface area contributed by atoms with Crippen molar-refractivity contribution < 1.29 is 14.3 Å². The second-order valence-electron chi connectivity index (χ2n) is 2.71. The van der Waals surface area contributed by atoms with Gasteiger partial charge in [-0.3, -0.25) is 4.79 Å². The Morgan fingerprint density at radius 1 is 1.57 bits per heavy atom. The van der Waals surface area contributed by atoms with Gasteiger partial charge in [-0.05, 0) is 23.1 Å². The predicted octanol–water partition coefficient (Wildman–Crippen LogP) is 1.89. The lowest BCUT2D eigenvalue weighted by Crippen LogP contribution is -2.17. The van der Waals surface area contributed by atoms with Gasteiger partial charge in [-0.15, -0.1) is 0 Å². The van der Waals surface area contributed by atoms with E-state index in [1.54, 1.807) is 17.1 Å². The van der Waals surface area contributed by atoms with E-state index in [1.165, 1.54) is 7.11 Å². The Labute approximate surface area is 90.3 Å². The highest BCUT2D eigenvalue weighted by Crippen LogP contribution is 2.17. The number of carbonyl (C=O) groups is 2. The summed E-state index contributed by atoms with van der Waals surface area (Å²) >= 11 is 3.17. The second-order valence-corrected chi connectivity index (χ2v) is 3.17. The van der Waals surface area contributed by atoms with Crippen molar-refractivity contribution in [3.8, 4) is 0 Å². The molecule has 1 aliphatic carbocycles. The van der Waals surface area contributed by atoms with Crippen LogP contribution in [0.4, 0.5) is 0 Å². The Balaban J connectivity index is 2.88. The molecule has 0 N–H and O–H groups in total. The van der Waals surface area contributed by atoms with Crippen LogP contribution < -0.4 is 0 Å². The molecule has 0 aromatic carbocycles. The molecular weight excluding hydrogens is 248 g/mol. The van der Waals surface area contributed by atoms with Crippen molar-refractivity contribution in [1.29, 1.82) is 0 Å². The molecule has 3 nitrogen and oxygen atoms in total. The lowest BCUT2D eigenvalue weighted by molar-refractivity contribution is -0.149. The molecule has 4 heteroatoms. The number of halogens is 1. The van der Waals surface area contributed by atoms with Gasteiger partial charge in [0.1, 0.15) is 0 Å². The standard InChI is InChI=1S/C10H9BrO3/c1-14-10(13)9(12)8-4-2-3-7(5-8)6-11/h2,4-6H,3H2,1H3. The van der Waals surface area contributed by atoms with Crippen LogP contribution in [-0.2, 0) is 14.3 Å². The third kappa shape index (κ3) is 2.42. The molecule has 0 radical (unpaired) electrons. The number of ketones is 1. The van der Waals surface area contributed by atoms with Gasteiger partial charge in [0.05, 0.1) is 7.11 Å². The van der Waals surface area contributed by atoms with Crippen molar-refractivity contribution in [1.82, 2.24) is 0 Å². The molecule has 74 valence electrons. The zero-order chi connectivity index (χ0) is 10.6. The molecule has 0 amide bonds. The van der Waals surface area contributed by atoms with E-state index in [0.717, 1.165) is 12.0 Å². The van der Waals surface area contributed by atoms with E-state index in [1.807, 2.05) is 6.08 Å². The summed E-state index contributed by atoms with van der Waals surface area (Å²) in [7, 11) is 1.19. The van der Waals surface area contributed by atoms with E-state index in [4.69, 9.17) is 0 Å². The number of Topliss-reactive ketones (excluding diaryl/α,β-unsaturated/α-hetero) is 1. The SMILES string of the molecule is COC(=O)C(=O)C1=CC(=CBr)CC=C1. The number of ether oxygens (including phenoxy) is 1. The topological polar surface area (TPSA) is 43.4 Å². The van der Waals surface area contributed by atoms with Crippen LogP contribution in [-0.4, -0.2) is 18.9 Å². The fourth-order valence-corrected chi connectivity index (χ4v) is 1.38. The highest BCUT2D eigenvalue weighted by atomic mass is 79.9. The van der Waals surface area contributed by atoms with E-state index >= 15 is 0 Å². The van der Waals surface area contributed by atoms with Crippen LogP contribution in [0.5, 0.6) is 0 Å². The summed E-state index contributed by atoms with van der Waals surface area (Å²) < 4.78 is 4.34. The Hall–Kier alpha value is -1.16. The molecule has 0 fully saturated rings. The first-order valence-corrected chi connectivity index (χ1v) is 4.90. The maximum absolute atomic E-state index is 11.4. The minimum atomic E-state index is -0.836. The quantitative estimate of drug-likeness (QED) is 0.560. The summed E-state index contributed by atoms with van der Waals surface area (Å²) in [6.07, 6.45) is 5.86. The van der Waals surface area contributed by atoms with E-state index in [-0.39, 0.29) is 0 Å². The zero-order valence-corrected chi connectivity index (χ0v) is 9.21. The molecule has 0 bridgehead atoms. The Bertz CT molecular complexity index is 350. The molecule has 1 rings (SSSR count). The van der Waals surface area contributed by atoms with Crippen molar-refractivity contribution >= 4 is 27.7 Å². The molecule has 0 aromatic heterocycles. The first-order chi connectivity index (χ1) is 6.69. The molecular formula is C10H9BrO3. The van der Waals surface area contributed by atoms with Gasteiger partial charge in [-0.2, -0.15) is 0 Å². The van der Waals surface area contributed by atoms with E-state index in [2.05, 4.69) is 20.7 Å². The fourth-order valence-electron chi connectivity index (χ4n) is 1.06. The Morgan fingerprint density at radius 3 is 2.86 bits per heavy atom. The lowest BCUT2D eigenvalue weighted by Gasteiger charge is -2.06.